The second-order valence-corrected chi connectivity index (χ2v) is 6.98. The van der Waals surface area contributed by atoms with Crippen molar-refractivity contribution in [3.63, 3.8) is 0 Å². The number of imide groups is 1. The van der Waals surface area contributed by atoms with Crippen molar-refractivity contribution < 1.29 is 9.59 Å². The number of allylic oxidation sites excluding steroid dienone is 2. The van der Waals surface area contributed by atoms with E-state index in [1.165, 1.54) is 10.5 Å². The lowest BCUT2D eigenvalue weighted by molar-refractivity contribution is -0.123. The molecule has 2 bridgehead atoms. The highest BCUT2D eigenvalue weighted by molar-refractivity contribution is 6.25. The van der Waals surface area contributed by atoms with Gasteiger partial charge >= 0.3 is 0 Å². The Bertz CT molecular complexity index is 892. The Kier molecular flexibility index (Phi) is 2.45. The second kappa shape index (κ2) is 4.31. The van der Waals surface area contributed by atoms with Gasteiger partial charge in [-0.2, -0.15) is 0 Å². The summed E-state index contributed by atoms with van der Waals surface area (Å²) in [5, 5.41) is 2.02. The lowest BCUT2D eigenvalue weighted by Crippen LogP contribution is -2.33. The first-order valence-electron chi connectivity index (χ1n) is 8.20. The highest BCUT2D eigenvalue weighted by atomic mass is 16.2. The first kappa shape index (κ1) is 13.1. The molecule has 0 aromatic heterocycles. The Balaban J connectivity index is 1.65. The van der Waals surface area contributed by atoms with Gasteiger partial charge in [-0.15, -0.1) is 0 Å². The highest BCUT2D eigenvalue weighted by Crippen LogP contribution is 2.56. The van der Waals surface area contributed by atoms with Crippen molar-refractivity contribution in [3.8, 4) is 0 Å². The first-order valence-corrected chi connectivity index (χ1v) is 8.20. The van der Waals surface area contributed by atoms with Crippen LogP contribution in [0.5, 0.6) is 0 Å². The number of carbonyl (C=O) groups is 2. The van der Waals surface area contributed by atoms with Crippen LogP contribution >= 0.6 is 0 Å². The fourth-order valence-corrected chi connectivity index (χ4v) is 4.92. The van der Waals surface area contributed by atoms with E-state index in [2.05, 4.69) is 13.0 Å². The molecule has 1 saturated heterocycles. The normalized spacial score (nSPS) is 31.9. The van der Waals surface area contributed by atoms with Gasteiger partial charge in [0.05, 0.1) is 17.5 Å². The van der Waals surface area contributed by atoms with Crippen LogP contribution in [0.15, 0.2) is 54.1 Å². The summed E-state index contributed by atoms with van der Waals surface area (Å²) in [6.07, 6.45) is 3.19. The zero-order chi connectivity index (χ0) is 15.7. The van der Waals surface area contributed by atoms with Crippen molar-refractivity contribution >= 4 is 28.3 Å². The molecule has 2 aromatic carbocycles. The first-order chi connectivity index (χ1) is 11.2. The average Bonchev–Trinajstić information content (AvgIpc) is 3.18. The van der Waals surface area contributed by atoms with Gasteiger partial charge in [-0.3, -0.25) is 9.59 Å². The fraction of sp³-hybridized carbons (Fsp3) is 0.300. The van der Waals surface area contributed by atoms with Crippen molar-refractivity contribution in [1.29, 1.82) is 0 Å². The van der Waals surface area contributed by atoms with Crippen LogP contribution in [0, 0.1) is 23.7 Å². The van der Waals surface area contributed by atoms with Crippen LogP contribution < -0.4 is 4.90 Å². The second-order valence-electron chi connectivity index (χ2n) is 6.98. The molecule has 0 radical (unpaired) electrons. The van der Waals surface area contributed by atoms with Gasteiger partial charge in [0.15, 0.2) is 0 Å². The van der Waals surface area contributed by atoms with Crippen LogP contribution in [0.1, 0.15) is 13.3 Å². The van der Waals surface area contributed by atoms with Gasteiger partial charge in [0.1, 0.15) is 0 Å². The molecule has 2 aromatic rings. The Morgan fingerprint density at radius 3 is 2.57 bits per heavy atom. The topological polar surface area (TPSA) is 37.4 Å². The molecule has 5 rings (SSSR count). The summed E-state index contributed by atoms with van der Waals surface area (Å²) >= 11 is 0. The summed E-state index contributed by atoms with van der Waals surface area (Å²) in [6.45, 7) is 2.10. The zero-order valence-electron chi connectivity index (χ0n) is 12.9. The molecule has 1 aliphatic heterocycles. The lowest BCUT2D eigenvalue weighted by Gasteiger charge is -2.20. The van der Waals surface area contributed by atoms with E-state index in [0.29, 0.717) is 0 Å². The maximum absolute atomic E-state index is 13.1. The van der Waals surface area contributed by atoms with E-state index >= 15 is 0 Å². The molecule has 3 heteroatoms. The summed E-state index contributed by atoms with van der Waals surface area (Å²) in [7, 11) is 0. The summed E-state index contributed by atoms with van der Waals surface area (Å²) in [5.41, 5.74) is 2.03. The Labute approximate surface area is 134 Å². The Morgan fingerprint density at radius 2 is 1.70 bits per heavy atom. The standard InChI is InChI=1S/C20H17NO2/c1-11-9-13-10-15(11)18-17(13)19(22)21(20(18)23)16-8-4-6-12-5-2-3-7-14(12)16/h2-9,13,15,17-18H,10H2,1H3/t13-,15+,17-,18-/m1/s1. The van der Waals surface area contributed by atoms with Crippen LogP contribution in [0.4, 0.5) is 5.69 Å². The van der Waals surface area contributed by atoms with E-state index in [-0.39, 0.29) is 35.5 Å². The molecule has 114 valence electrons. The lowest BCUT2D eigenvalue weighted by atomic mass is 9.82. The monoisotopic (exact) mass is 303 g/mol. The van der Waals surface area contributed by atoms with E-state index in [0.717, 1.165) is 22.9 Å². The smallest absolute Gasteiger partial charge is 0.238 e. The molecular formula is C20H17NO2. The van der Waals surface area contributed by atoms with Gasteiger partial charge in [-0.05, 0) is 36.6 Å². The van der Waals surface area contributed by atoms with E-state index in [9.17, 15) is 9.59 Å². The largest absolute Gasteiger partial charge is 0.274 e. The van der Waals surface area contributed by atoms with Gasteiger partial charge in [0.25, 0.3) is 0 Å². The van der Waals surface area contributed by atoms with Gasteiger partial charge in [0.2, 0.25) is 11.8 Å². The summed E-state index contributed by atoms with van der Waals surface area (Å²) in [4.78, 5) is 27.5. The maximum atomic E-state index is 13.1. The summed E-state index contributed by atoms with van der Waals surface area (Å²) in [5.74, 6) is 0.221. The molecule has 0 N–H and O–H groups in total. The zero-order valence-corrected chi connectivity index (χ0v) is 12.9. The minimum Gasteiger partial charge on any atom is -0.274 e. The molecule has 0 unspecified atom stereocenters. The molecule has 3 aliphatic rings. The number of hydrogen-bond donors (Lipinski definition) is 0. The van der Waals surface area contributed by atoms with E-state index < -0.39 is 0 Å². The van der Waals surface area contributed by atoms with Crippen LogP contribution in [-0.4, -0.2) is 11.8 Å². The predicted octanol–water partition coefficient (Wildman–Crippen LogP) is 3.54. The number of rotatable bonds is 1. The summed E-state index contributed by atoms with van der Waals surface area (Å²) in [6, 6.07) is 13.7. The average molecular weight is 303 g/mol. The summed E-state index contributed by atoms with van der Waals surface area (Å²) < 4.78 is 0. The molecule has 23 heavy (non-hydrogen) atoms. The number of hydrogen-bond acceptors (Lipinski definition) is 2. The Morgan fingerprint density at radius 1 is 0.957 bits per heavy atom. The molecule has 4 atom stereocenters. The van der Waals surface area contributed by atoms with Gasteiger partial charge < -0.3 is 0 Å². The van der Waals surface area contributed by atoms with Crippen LogP contribution in [0.2, 0.25) is 0 Å². The van der Waals surface area contributed by atoms with Crippen molar-refractivity contribution in [2.24, 2.45) is 23.7 Å². The SMILES string of the molecule is CC1=C[C@@H]2C[C@@H]1[C@H]1C(=O)N(c3cccc4ccccc34)C(=O)[C@@H]12. The van der Waals surface area contributed by atoms with Crippen molar-refractivity contribution in [3.05, 3.63) is 54.1 Å². The number of nitrogens with zero attached hydrogens (tertiary/aromatic N) is 1. The molecule has 0 spiro atoms. The van der Waals surface area contributed by atoms with E-state index in [4.69, 9.17) is 0 Å². The molecule has 2 fully saturated rings. The molecule has 3 nitrogen and oxygen atoms in total. The van der Waals surface area contributed by atoms with Crippen LogP contribution in [0.3, 0.4) is 0 Å². The fourth-order valence-electron chi connectivity index (χ4n) is 4.92. The molecule has 1 saturated carbocycles. The third-order valence-electron chi connectivity index (χ3n) is 5.89. The number of fused-ring (bicyclic) bond motifs is 6. The quantitative estimate of drug-likeness (QED) is 0.597. The third kappa shape index (κ3) is 1.55. The molecule has 2 amide bonds. The predicted molar refractivity (Wildman–Crippen MR) is 88.8 cm³/mol. The van der Waals surface area contributed by atoms with Gasteiger partial charge in [0, 0.05) is 5.39 Å². The maximum Gasteiger partial charge on any atom is 0.238 e. The number of anilines is 1. The van der Waals surface area contributed by atoms with Crippen molar-refractivity contribution in [2.45, 2.75) is 13.3 Å². The van der Waals surface area contributed by atoms with Crippen LogP contribution in [-0.2, 0) is 9.59 Å². The van der Waals surface area contributed by atoms with Gasteiger partial charge in [-0.1, -0.05) is 48.0 Å². The van der Waals surface area contributed by atoms with Crippen molar-refractivity contribution in [2.75, 3.05) is 4.90 Å². The molecule has 1 heterocycles. The van der Waals surface area contributed by atoms with Crippen LogP contribution in [0.25, 0.3) is 10.8 Å². The Hall–Kier alpha value is -2.42. The van der Waals surface area contributed by atoms with E-state index in [1.807, 2.05) is 42.5 Å². The highest BCUT2D eigenvalue weighted by Gasteiger charge is 2.61. The number of carbonyl (C=O) groups excluding carboxylic acids is 2. The number of benzene rings is 2. The van der Waals surface area contributed by atoms with Crippen molar-refractivity contribution in [1.82, 2.24) is 0 Å². The minimum absolute atomic E-state index is 0.00342. The number of amides is 2. The van der Waals surface area contributed by atoms with Gasteiger partial charge in [-0.25, -0.2) is 4.90 Å². The molecule has 2 aliphatic carbocycles. The third-order valence-corrected chi connectivity index (χ3v) is 5.89. The van der Waals surface area contributed by atoms with E-state index in [1.54, 1.807) is 0 Å². The minimum atomic E-state index is -0.143. The molecular weight excluding hydrogens is 286 g/mol.